The van der Waals surface area contributed by atoms with Gasteiger partial charge in [0.1, 0.15) is 12.4 Å². The van der Waals surface area contributed by atoms with Gasteiger partial charge in [0.15, 0.2) is 0 Å². The maximum Gasteiger partial charge on any atom is 0.306 e. The van der Waals surface area contributed by atoms with E-state index in [4.69, 9.17) is 0 Å². The number of hydrogen-bond donors (Lipinski definition) is 3. The molecule has 0 saturated heterocycles. The van der Waals surface area contributed by atoms with E-state index in [-0.39, 0.29) is 31.4 Å². The molecule has 0 aliphatic heterocycles. The van der Waals surface area contributed by atoms with Crippen LogP contribution in [0.2, 0.25) is 0 Å². The molecule has 8 heteroatoms. The van der Waals surface area contributed by atoms with E-state index in [1.165, 1.54) is 10.9 Å². The average molecular weight is 348 g/mol. The van der Waals surface area contributed by atoms with Crippen LogP contribution in [0.3, 0.4) is 0 Å². The predicted octanol–water partition coefficient (Wildman–Crippen LogP) is 1.50. The fourth-order valence-corrected chi connectivity index (χ4v) is 2.66. The van der Waals surface area contributed by atoms with Gasteiger partial charge < -0.3 is 15.5 Å². The van der Waals surface area contributed by atoms with Crippen LogP contribution in [0.4, 0.5) is 5.69 Å². The van der Waals surface area contributed by atoms with Crippen molar-refractivity contribution in [3.63, 3.8) is 0 Å². The third kappa shape index (κ3) is 5.09. The fourth-order valence-electron chi connectivity index (χ4n) is 2.66. The van der Waals surface area contributed by atoms with Gasteiger partial charge in [0.2, 0.25) is 0 Å². The quantitative estimate of drug-likeness (QED) is 0.467. The van der Waals surface area contributed by atoms with Crippen LogP contribution in [-0.4, -0.2) is 44.2 Å². The highest BCUT2D eigenvalue weighted by molar-refractivity contribution is 5.21. The molecule has 1 heterocycles. The average Bonchev–Trinajstić information content (AvgIpc) is 3.04. The highest BCUT2D eigenvalue weighted by Crippen LogP contribution is 2.32. The number of rotatable bonds is 9. The number of aliphatic hydroxyl groups excluding tert-OH is 2. The SMILES string of the molecule is CC(C)(CO)C(NCC(O)Cn1cc([N+](=O)[O-])cn1)c1ccccc1. The van der Waals surface area contributed by atoms with Gasteiger partial charge in [-0.15, -0.1) is 0 Å². The van der Waals surface area contributed by atoms with Crippen LogP contribution in [-0.2, 0) is 6.54 Å². The van der Waals surface area contributed by atoms with E-state index in [1.807, 2.05) is 44.2 Å². The number of benzene rings is 1. The minimum atomic E-state index is -0.778. The van der Waals surface area contributed by atoms with Gasteiger partial charge in [0.25, 0.3) is 0 Å². The van der Waals surface area contributed by atoms with Crippen molar-refractivity contribution in [3.8, 4) is 0 Å². The molecular formula is C17H24N4O4. The summed E-state index contributed by atoms with van der Waals surface area (Å²) in [5.41, 5.74) is 0.484. The van der Waals surface area contributed by atoms with Crippen LogP contribution in [0.5, 0.6) is 0 Å². The first kappa shape index (κ1) is 19.0. The molecule has 0 aliphatic carbocycles. The molecule has 25 heavy (non-hydrogen) atoms. The Morgan fingerprint density at radius 1 is 1.36 bits per heavy atom. The summed E-state index contributed by atoms with van der Waals surface area (Å²) in [5.74, 6) is 0. The van der Waals surface area contributed by atoms with Crippen molar-refractivity contribution in [3.05, 3.63) is 58.4 Å². The molecule has 2 atom stereocenters. The zero-order chi connectivity index (χ0) is 18.4. The monoisotopic (exact) mass is 348 g/mol. The van der Waals surface area contributed by atoms with Crippen LogP contribution < -0.4 is 5.32 Å². The summed E-state index contributed by atoms with van der Waals surface area (Å²) >= 11 is 0. The van der Waals surface area contributed by atoms with E-state index < -0.39 is 16.4 Å². The molecule has 2 rings (SSSR count). The van der Waals surface area contributed by atoms with Crippen LogP contribution >= 0.6 is 0 Å². The highest BCUT2D eigenvalue weighted by atomic mass is 16.6. The molecule has 0 amide bonds. The lowest BCUT2D eigenvalue weighted by Crippen LogP contribution is -2.41. The largest absolute Gasteiger partial charge is 0.396 e. The van der Waals surface area contributed by atoms with Gasteiger partial charge in [-0.25, -0.2) is 0 Å². The van der Waals surface area contributed by atoms with Crippen LogP contribution in [0.1, 0.15) is 25.5 Å². The van der Waals surface area contributed by atoms with Gasteiger partial charge in [-0.1, -0.05) is 44.2 Å². The van der Waals surface area contributed by atoms with Crippen molar-refractivity contribution in [1.82, 2.24) is 15.1 Å². The van der Waals surface area contributed by atoms with E-state index >= 15 is 0 Å². The summed E-state index contributed by atoms with van der Waals surface area (Å²) in [6.45, 7) is 4.28. The summed E-state index contributed by atoms with van der Waals surface area (Å²) < 4.78 is 1.35. The maximum absolute atomic E-state index is 10.7. The van der Waals surface area contributed by atoms with Crippen LogP contribution in [0.25, 0.3) is 0 Å². The number of aliphatic hydroxyl groups is 2. The first-order valence-corrected chi connectivity index (χ1v) is 8.07. The van der Waals surface area contributed by atoms with Crippen LogP contribution in [0, 0.1) is 15.5 Å². The van der Waals surface area contributed by atoms with Crippen LogP contribution in [0.15, 0.2) is 42.7 Å². The van der Waals surface area contributed by atoms with Gasteiger partial charge in [-0.05, 0) is 5.56 Å². The Balaban J connectivity index is 2.00. The lowest BCUT2D eigenvalue weighted by Gasteiger charge is -2.34. The Bertz CT molecular complexity index is 687. The molecule has 8 nitrogen and oxygen atoms in total. The predicted molar refractivity (Wildman–Crippen MR) is 92.9 cm³/mol. The second kappa shape index (κ2) is 8.19. The second-order valence-corrected chi connectivity index (χ2v) is 6.73. The molecule has 1 aromatic carbocycles. The number of hydrogen-bond acceptors (Lipinski definition) is 6. The lowest BCUT2D eigenvalue weighted by molar-refractivity contribution is -0.385. The van der Waals surface area contributed by atoms with Crippen molar-refractivity contribution >= 4 is 5.69 Å². The normalized spacial score (nSPS) is 14.2. The fraction of sp³-hybridized carbons (Fsp3) is 0.471. The van der Waals surface area contributed by atoms with Gasteiger partial charge in [-0.3, -0.25) is 14.8 Å². The van der Waals surface area contributed by atoms with Gasteiger partial charge in [0.05, 0.1) is 17.6 Å². The molecule has 0 radical (unpaired) electrons. The Labute approximate surface area is 146 Å². The lowest BCUT2D eigenvalue weighted by atomic mass is 9.81. The molecule has 1 aromatic heterocycles. The number of aromatic nitrogens is 2. The summed E-state index contributed by atoms with van der Waals surface area (Å²) in [4.78, 5) is 10.1. The summed E-state index contributed by atoms with van der Waals surface area (Å²) in [6, 6.07) is 9.57. The Kier molecular flexibility index (Phi) is 6.24. The standard InChI is InChI=1S/C17H24N4O4/c1-17(2,12-22)16(13-6-4-3-5-7-13)18-9-15(23)11-20-10-14(8-19-20)21(24)25/h3-8,10,15-16,18,22-23H,9,11-12H2,1-2H3. The first-order chi connectivity index (χ1) is 11.8. The Morgan fingerprint density at radius 2 is 2.04 bits per heavy atom. The van der Waals surface area contributed by atoms with Gasteiger partial charge in [0, 0.05) is 24.6 Å². The zero-order valence-corrected chi connectivity index (χ0v) is 14.4. The summed E-state index contributed by atoms with van der Waals surface area (Å²) in [6.07, 6.45) is 1.66. The zero-order valence-electron chi connectivity index (χ0n) is 14.4. The number of nitro groups is 1. The van der Waals surface area contributed by atoms with Gasteiger partial charge >= 0.3 is 5.69 Å². The minimum absolute atomic E-state index is 0.0129. The molecule has 2 aromatic rings. The van der Waals surface area contributed by atoms with E-state index in [1.54, 1.807) is 0 Å². The highest BCUT2D eigenvalue weighted by Gasteiger charge is 2.30. The molecule has 0 fully saturated rings. The molecule has 2 unspecified atom stereocenters. The Morgan fingerprint density at radius 3 is 2.60 bits per heavy atom. The second-order valence-electron chi connectivity index (χ2n) is 6.73. The topological polar surface area (TPSA) is 113 Å². The van der Waals surface area contributed by atoms with E-state index in [0.29, 0.717) is 0 Å². The summed E-state index contributed by atoms with van der Waals surface area (Å²) in [7, 11) is 0. The molecular weight excluding hydrogens is 324 g/mol. The number of nitrogens with one attached hydrogen (secondary N) is 1. The van der Waals surface area contributed by atoms with Crippen molar-refractivity contribution in [2.75, 3.05) is 13.2 Å². The van der Waals surface area contributed by atoms with Gasteiger partial charge in [-0.2, -0.15) is 5.10 Å². The Hall–Kier alpha value is -2.29. The first-order valence-electron chi connectivity index (χ1n) is 8.07. The van der Waals surface area contributed by atoms with Crippen molar-refractivity contribution in [2.45, 2.75) is 32.5 Å². The molecule has 0 spiro atoms. The van der Waals surface area contributed by atoms with E-state index in [0.717, 1.165) is 11.8 Å². The summed E-state index contributed by atoms with van der Waals surface area (Å²) in [5, 5.41) is 37.8. The third-order valence-electron chi connectivity index (χ3n) is 4.11. The van der Waals surface area contributed by atoms with Crippen molar-refractivity contribution in [2.24, 2.45) is 5.41 Å². The minimum Gasteiger partial charge on any atom is -0.396 e. The molecule has 3 N–H and O–H groups in total. The molecule has 0 saturated carbocycles. The third-order valence-corrected chi connectivity index (χ3v) is 4.11. The van der Waals surface area contributed by atoms with E-state index in [2.05, 4.69) is 10.4 Å². The molecule has 136 valence electrons. The molecule has 0 aliphatic rings. The molecule has 0 bridgehead atoms. The maximum atomic E-state index is 10.7. The van der Waals surface area contributed by atoms with E-state index in [9.17, 15) is 20.3 Å². The smallest absolute Gasteiger partial charge is 0.306 e. The van der Waals surface area contributed by atoms with Crippen molar-refractivity contribution < 1.29 is 15.1 Å². The van der Waals surface area contributed by atoms with Crippen molar-refractivity contribution in [1.29, 1.82) is 0 Å². The number of nitrogens with zero attached hydrogens (tertiary/aromatic N) is 3.